The molecule has 3 nitrogen and oxygen atoms in total. The predicted octanol–water partition coefficient (Wildman–Crippen LogP) is 2.68. The number of rotatable bonds is 2. The van der Waals surface area contributed by atoms with Crippen LogP contribution in [0.2, 0.25) is 0 Å². The van der Waals surface area contributed by atoms with Crippen molar-refractivity contribution in [2.45, 2.75) is 13.1 Å². The van der Waals surface area contributed by atoms with Gasteiger partial charge in [-0.3, -0.25) is 0 Å². The molecule has 0 fully saturated rings. The highest BCUT2D eigenvalue weighted by Gasteiger charge is 2.16. The molecule has 4 heteroatoms. The van der Waals surface area contributed by atoms with E-state index in [9.17, 15) is 4.39 Å². The Morgan fingerprint density at radius 3 is 2.90 bits per heavy atom. The SMILES string of the molecule is NCc1cc(F)cc(N2CCOc3ccccc3C2)c1. The van der Waals surface area contributed by atoms with Crippen LogP contribution in [0.4, 0.5) is 10.1 Å². The molecule has 0 amide bonds. The Kier molecular flexibility index (Phi) is 3.56. The molecule has 0 spiro atoms. The highest BCUT2D eigenvalue weighted by Crippen LogP contribution is 2.27. The summed E-state index contributed by atoms with van der Waals surface area (Å²) in [5, 5.41) is 0. The Labute approximate surface area is 117 Å². The number of nitrogens with two attached hydrogens (primary N) is 1. The van der Waals surface area contributed by atoms with E-state index in [-0.39, 0.29) is 5.82 Å². The number of benzene rings is 2. The molecule has 0 aliphatic carbocycles. The van der Waals surface area contributed by atoms with Gasteiger partial charge in [-0.15, -0.1) is 0 Å². The normalized spacial score (nSPS) is 14.4. The standard InChI is InChI=1S/C16H17FN2O/c17-14-7-12(10-18)8-15(9-14)19-5-6-20-16-4-2-1-3-13(16)11-19/h1-4,7-9H,5-6,10-11,18H2. The monoisotopic (exact) mass is 272 g/mol. The number of anilines is 1. The van der Waals surface area contributed by atoms with E-state index in [2.05, 4.69) is 4.90 Å². The molecular formula is C16H17FN2O. The average molecular weight is 272 g/mol. The van der Waals surface area contributed by atoms with Crippen molar-refractivity contribution in [3.63, 3.8) is 0 Å². The molecule has 0 atom stereocenters. The summed E-state index contributed by atoms with van der Waals surface area (Å²) in [7, 11) is 0. The maximum Gasteiger partial charge on any atom is 0.125 e. The van der Waals surface area contributed by atoms with Gasteiger partial charge in [-0.05, 0) is 29.8 Å². The van der Waals surface area contributed by atoms with Crippen molar-refractivity contribution in [3.05, 3.63) is 59.4 Å². The molecule has 2 N–H and O–H groups in total. The van der Waals surface area contributed by atoms with E-state index in [1.807, 2.05) is 30.3 Å². The van der Waals surface area contributed by atoms with E-state index in [0.717, 1.165) is 29.1 Å². The lowest BCUT2D eigenvalue weighted by molar-refractivity contribution is 0.331. The molecule has 0 bridgehead atoms. The second-order valence-corrected chi connectivity index (χ2v) is 4.90. The molecule has 0 aromatic heterocycles. The van der Waals surface area contributed by atoms with Gasteiger partial charge in [0.25, 0.3) is 0 Å². The minimum atomic E-state index is -0.249. The second-order valence-electron chi connectivity index (χ2n) is 4.90. The predicted molar refractivity (Wildman–Crippen MR) is 77.3 cm³/mol. The summed E-state index contributed by atoms with van der Waals surface area (Å²) in [5.74, 6) is 0.659. The molecule has 3 rings (SSSR count). The quantitative estimate of drug-likeness (QED) is 0.913. The second kappa shape index (κ2) is 5.51. The minimum Gasteiger partial charge on any atom is -0.491 e. The lowest BCUT2D eigenvalue weighted by atomic mass is 10.1. The number of ether oxygens (including phenoxy) is 1. The van der Waals surface area contributed by atoms with Crippen LogP contribution in [-0.2, 0) is 13.1 Å². The van der Waals surface area contributed by atoms with Crippen molar-refractivity contribution < 1.29 is 9.13 Å². The summed E-state index contributed by atoms with van der Waals surface area (Å²) in [6.45, 7) is 2.36. The molecular weight excluding hydrogens is 255 g/mol. The molecule has 1 aliphatic heterocycles. The zero-order valence-electron chi connectivity index (χ0n) is 11.2. The van der Waals surface area contributed by atoms with Gasteiger partial charge < -0.3 is 15.4 Å². The van der Waals surface area contributed by atoms with Gasteiger partial charge in [0.15, 0.2) is 0 Å². The molecule has 1 heterocycles. The summed E-state index contributed by atoms with van der Waals surface area (Å²) >= 11 is 0. The fraction of sp³-hybridized carbons (Fsp3) is 0.250. The van der Waals surface area contributed by atoms with Gasteiger partial charge >= 0.3 is 0 Å². The Balaban J connectivity index is 1.93. The van der Waals surface area contributed by atoms with E-state index in [1.165, 1.54) is 6.07 Å². The van der Waals surface area contributed by atoms with Crippen LogP contribution in [0.1, 0.15) is 11.1 Å². The summed E-state index contributed by atoms with van der Waals surface area (Å²) in [4.78, 5) is 2.12. The van der Waals surface area contributed by atoms with Crippen LogP contribution in [0.25, 0.3) is 0 Å². The Bertz CT molecular complexity index is 615. The number of para-hydroxylation sites is 1. The van der Waals surface area contributed by atoms with E-state index in [1.54, 1.807) is 6.07 Å². The molecule has 20 heavy (non-hydrogen) atoms. The molecule has 0 saturated carbocycles. The van der Waals surface area contributed by atoms with E-state index < -0.39 is 0 Å². The molecule has 0 unspecified atom stereocenters. The van der Waals surface area contributed by atoms with E-state index in [4.69, 9.17) is 10.5 Å². The zero-order valence-corrected chi connectivity index (χ0v) is 11.2. The van der Waals surface area contributed by atoms with Gasteiger partial charge in [0.2, 0.25) is 0 Å². The number of hydrogen-bond acceptors (Lipinski definition) is 3. The lowest BCUT2D eigenvalue weighted by Gasteiger charge is -2.22. The molecule has 2 aromatic rings. The van der Waals surface area contributed by atoms with Gasteiger partial charge in [-0.2, -0.15) is 0 Å². The van der Waals surface area contributed by atoms with Crippen molar-refractivity contribution in [2.24, 2.45) is 5.73 Å². The first-order valence-electron chi connectivity index (χ1n) is 6.71. The first kappa shape index (κ1) is 12.9. The van der Waals surface area contributed by atoms with Crippen molar-refractivity contribution in [3.8, 4) is 5.75 Å². The van der Waals surface area contributed by atoms with Gasteiger partial charge in [-0.1, -0.05) is 18.2 Å². The molecule has 2 aromatic carbocycles. The van der Waals surface area contributed by atoms with Crippen LogP contribution < -0.4 is 15.4 Å². The van der Waals surface area contributed by atoms with Crippen molar-refractivity contribution in [2.75, 3.05) is 18.1 Å². The zero-order chi connectivity index (χ0) is 13.9. The largest absolute Gasteiger partial charge is 0.491 e. The highest BCUT2D eigenvalue weighted by atomic mass is 19.1. The molecule has 0 saturated heterocycles. The van der Waals surface area contributed by atoms with Gasteiger partial charge in [0.05, 0.1) is 6.54 Å². The van der Waals surface area contributed by atoms with E-state index >= 15 is 0 Å². The third kappa shape index (κ3) is 2.60. The molecule has 0 radical (unpaired) electrons. The summed E-state index contributed by atoms with van der Waals surface area (Å²) in [5.41, 5.74) is 8.39. The summed E-state index contributed by atoms with van der Waals surface area (Å²) < 4.78 is 19.4. The smallest absolute Gasteiger partial charge is 0.125 e. The molecule has 1 aliphatic rings. The van der Waals surface area contributed by atoms with E-state index in [0.29, 0.717) is 19.7 Å². The fourth-order valence-electron chi connectivity index (χ4n) is 2.48. The number of fused-ring (bicyclic) bond motifs is 1. The third-order valence-corrected chi connectivity index (χ3v) is 3.50. The van der Waals surface area contributed by atoms with Crippen molar-refractivity contribution >= 4 is 5.69 Å². The highest BCUT2D eigenvalue weighted by molar-refractivity contribution is 5.51. The number of halogens is 1. The van der Waals surface area contributed by atoms with Crippen LogP contribution in [0.5, 0.6) is 5.75 Å². The maximum atomic E-state index is 13.7. The maximum absolute atomic E-state index is 13.7. The molecule has 104 valence electrons. The first-order chi connectivity index (χ1) is 9.76. The van der Waals surface area contributed by atoms with Crippen LogP contribution in [0.3, 0.4) is 0 Å². The van der Waals surface area contributed by atoms with Gasteiger partial charge in [0.1, 0.15) is 18.2 Å². The van der Waals surface area contributed by atoms with Crippen LogP contribution >= 0.6 is 0 Å². The average Bonchev–Trinajstić information content (AvgIpc) is 2.68. The Hall–Kier alpha value is -2.07. The van der Waals surface area contributed by atoms with Crippen LogP contribution in [0, 0.1) is 5.82 Å². The topological polar surface area (TPSA) is 38.5 Å². The Morgan fingerprint density at radius 1 is 1.20 bits per heavy atom. The summed E-state index contributed by atoms with van der Waals surface area (Å²) in [6.07, 6.45) is 0. The van der Waals surface area contributed by atoms with Crippen molar-refractivity contribution in [1.82, 2.24) is 0 Å². The number of nitrogens with zero attached hydrogens (tertiary/aromatic N) is 1. The van der Waals surface area contributed by atoms with Gasteiger partial charge in [-0.25, -0.2) is 4.39 Å². The third-order valence-electron chi connectivity index (χ3n) is 3.50. The van der Waals surface area contributed by atoms with Gasteiger partial charge in [0, 0.05) is 24.3 Å². The van der Waals surface area contributed by atoms with Crippen molar-refractivity contribution in [1.29, 1.82) is 0 Å². The lowest BCUT2D eigenvalue weighted by Crippen LogP contribution is -2.25. The Morgan fingerprint density at radius 2 is 2.05 bits per heavy atom. The minimum absolute atomic E-state index is 0.249. The van der Waals surface area contributed by atoms with Crippen LogP contribution in [0.15, 0.2) is 42.5 Å². The van der Waals surface area contributed by atoms with Crippen LogP contribution in [-0.4, -0.2) is 13.2 Å². The summed E-state index contributed by atoms with van der Waals surface area (Å²) in [6, 6.07) is 12.9. The fourth-order valence-corrected chi connectivity index (χ4v) is 2.48. The number of hydrogen-bond donors (Lipinski definition) is 1. The first-order valence-corrected chi connectivity index (χ1v) is 6.71.